The fourth-order valence-corrected chi connectivity index (χ4v) is 11.1. The van der Waals surface area contributed by atoms with Crippen LogP contribution in [0.1, 0.15) is 41.2 Å². The Kier molecular flexibility index (Phi) is 8.35. The molecule has 6 unspecified atom stereocenters. The van der Waals surface area contributed by atoms with Crippen LogP contribution in [0.3, 0.4) is 0 Å². The molecule has 16 heteroatoms. The zero-order valence-corrected chi connectivity index (χ0v) is 27.2. The van der Waals surface area contributed by atoms with Crippen LogP contribution >= 0.6 is 34.7 Å². The largest absolute Gasteiger partial charge is 0.483 e. The Bertz CT molecular complexity index is 1900. The van der Waals surface area contributed by atoms with Gasteiger partial charge in [-0.25, -0.2) is 0 Å². The van der Waals surface area contributed by atoms with Crippen molar-refractivity contribution in [3.8, 4) is 5.75 Å². The van der Waals surface area contributed by atoms with Crippen LogP contribution in [0.5, 0.6) is 5.75 Å². The lowest BCUT2D eigenvalue weighted by molar-refractivity contribution is -0.143. The molecule has 2 aliphatic carbocycles. The molecule has 3 N–H and O–H groups in total. The number of hydrogen-bond acceptors (Lipinski definition) is 8. The molecule has 0 radical (unpaired) electrons. The van der Waals surface area contributed by atoms with Gasteiger partial charge in [-0.15, -0.1) is 11.8 Å². The van der Waals surface area contributed by atoms with Crippen LogP contribution in [-0.2, 0) is 25.4 Å². The second-order valence-electron chi connectivity index (χ2n) is 12.4. The van der Waals surface area contributed by atoms with Gasteiger partial charge in [0.1, 0.15) is 5.75 Å². The Labute approximate surface area is 284 Å². The number of halogens is 4. The minimum absolute atomic E-state index is 0.0395. The first kappa shape index (κ1) is 32.7. The van der Waals surface area contributed by atoms with E-state index in [1.165, 1.54) is 28.8 Å². The molecule has 252 valence electrons. The number of ether oxygens (including phenoxy) is 1. The van der Waals surface area contributed by atoms with Gasteiger partial charge in [-0.05, 0) is 67.0 Å². The molecule has 2 bridgehead atoms. The number of H-pyrrole nitrogens is 1. The lowest BCUT2D eigenvalue weighted by Gasteiger charge is -2.43. The van der Waals surface area contributed by atoms with Crippen LogP contribution in [0.2, 0.25) is 5.02 Å². The summed E-state index contributed by atoms with van der Waals surface area (Å²) in [5, 5.41) is 12.4. The topological polar surface area (TPSA) is 146 Å². The minimum Gasteiger partial charge on any atom is -0.483 e. The zero-order valence-electron chi connectivity index (χ0n) is 24.8. The number of aliphatic carboxylic acids is 1. The average Bonchev–Trinajstić information content (AvgIpc) is 3.76. The van der Waals surface area contributed by atoms with E-state index in [4.69, 9.17) is 21.4 Å². The normalized spacial score (nSPS) is 27.1. The quantitative estimate of drug-likeness (QED) is 0.247. The van der Waals surface area contributed by atoms with Crippen molar-refractivity contribution in [2.24, 2.45) is 29.6 Å². The van der Waals surface area contributed by atoms with Crippen molar-refractivity contribution in [1.82, 2.24) is 9.88 Å². The molecule has 3 fully saturated rings. The monoisotopic (exact) mass is 721 g/mol. The SMILES string of the molecule is O=C(O)CCCN1C(=O)C2C3CC(C2C1=O)C1C3Sc2[nH]c(=O)sc2[C@@H]1c1cc(Cl)ccc1OCC(=O)Nc1cccc(C(F)(F)F)c1. The number of nitrogens with one attached hydrogen (secondary N) is 2. The number of carboxylic acids is 1. The van der Waals surface area contributed by atoms with Gasteiger partial charge in [-0.1, -0.05) is 29.0 Å². The Hall–Kier alpha value is -3.82. The molecule has 2 aliphatic heterocycles. The first-order chi connectivity index (χ1) is 22.8. The molecule has 1 saturated heterocycles. The van der Waals surface area contributed by atoms with E-state index in [0.717, 1.165) is 28.3 Å². The number of aromatic nitrogens is 1. The molecule has 3 heterocycles. The van der Waals surface area contributed by atoms with Crippen molar-refractivity contribution in [3.63, 3.8) is 0 Å². The summed E-state index contributed by atoms with van der Waals surface area (Å²) in [7, 11) is 0. The highest BCUT2D eigenvalue weighted by atomic mass is 35.5. The molecule has 48 heavy (non-hydrogen) atoms. The standard InChI is InChI=1S/C32H27ClF3N3O7S2/c33-14-6-7-19(46-12-20(40)37-15-4-1-3-13(9-15)32(34,35)36)16(10-14)22-23-17-11-18(26(23)47-28-27(22)48-31(45)38-28)25-24(17)29(43)39(30(25)44)8-2-5-21(41)42/h1,3-4,6-7,9-10,17-18,22-26H,2,5,8,11-12H2,(H,37,40)(H,38,45)(H,41,42)/t17?,18?,22-,23?,24?,25?,26?/m1/s1. The van der Waals surface area contributed by atoms with Crippen LogP contribution in [0.25, 0.3) is 0 Å². The van der Waals surface area contributed by atoms with Gasteiger partial charge >= 0.3 is 17.0 Å². The number of benzene rings is 2. The van der Waals surface area contributed by atoms with Crippen molar-refractivity contribution in [1.29, 1.82) is 0 Å². The summed E-state index contributed by atoms with van der Waals surface area (Å²) in [5.74, 6) is -4.14. The second kappa shape index (κ2) is 12.3. The third kappa shape index (κ3) is 5.68. The third-order valence-electron chi connectivity index (χ3n) is 9.73. The highest BCUT2D eigenvalue weighted by Gasteiger charge is 2.69. The number of thioether (sulfide) groups is 1. The molecule has 3 amide bonds. The molecule has 0 spiro atoms. The summed E-state index contributed by atoms with van der Waals surface area (Å²) in [6, 6.07) is 9.10. The summed E-state index contributed by atoms with van der Waals surface area (Å²) < 4.78 is 45.5. The fraction of sp³-hybridized carbons (Fsp3) is 0.406. The number of carbonyl (C=O) groups excluding carboxylic acids is 3. The van der Waals surface area contributed by atoms with Gasteiger partial charge < -0.3 is 20.1 Å². The predicted octanol–water partition coefficient (Wildman–Crippen LogP) is 5.46. The van der Waals surface area contributed by atoms with Crippen LogP contribution in [0.15, 0.2) is 52.3 Å². The number of rotatable bonds is 9. The number of hydrogen-bond donors (Lipinski definition) is 3. The smallest absolute Gasteiger partial charge is 0.416 e. The summed E-state index contributed by atoms with van der Waals surface area (Å²) in [6.45, 7) is -0.496. The Morgan fingerprint density at radius 3 is 2.56 bits per heavy atom. The third-order valence-corrected chi connectivity index (χ3v) is 12.6. The van der Waals surface area contributed by atoms with Crippen LogP contribution < -0.4 is 14.9 Å². The van der Waals surface area contributed by atoms with Gasteiger partial charge in [-0.2, -0.15) is 13.2 Å². The second-order valence-corrected chi connectivity index (χ2v) is 15.0. The van der Waals surface area contributed by atoms with Crippen molar-refractivity contribution in [3.05, 3.63) is 73.2 Å². The number of likely N-dealkylation sites (tertiary alicyclic amines) is 1. The van der Waals surface area contributed by atoms with Crippen molar-refractivity contribution in [2.45, 2.75) is 41.6 Å². The Balaban J connectivity index is 1.18. The van der Waals surface area contributed by atoms with E-state index in [9.17, 15) is 37.1 Å². The lowest BCUT2D eigenvalue weighted by atomic mass is 9.68. The Morgan fingerprint density at radius 1 is 1.08 bits per heavy atom. The average molecular weight is 722 g/mol. The van der Waals surface area contributed by atoms with E-state index in [1.54, 1.807) is 18.2 Å². The first-order valence-electron chi connectivity index (χ1n) is 15.2. The number of aromatic amines is 1. The predicted molar refractivity (Wildman–Crippen MR) is 169 cm³/mol. The highest BCUT2D eigenvalue weighted by Crippen LogP contribution is 2.69. The number of carbonyl (C=O) groups is 4. The van der Waals surface area contributed by atoms with Gasteiger partial charge in [0.25, 0.3) is 5.91 Å². The number of nitrogens with zero attached hydrogens (tertiary/aromatic N) is 1. The molecule has 1 aromatic heterocycles. The molecule has 4 aliphatic rings. The summed E-state index contributed by atoms with van der Waals surface area (Å²) in [4.78, 5) is 68.4. The van der Waals surface area contributed by atoms with Crippen molar-refractivity contribution < 1.29 is 42.2 Å². The maximum Gasteiger partial charge on any atom is 0.416 e. The minimum atomic E-state index is -4.58. The summed E-state index contributed by atoms with van der Waals surface area (Å²) >= 11 is 9.02. The van der Waals surface area contributed by atoms with Crippen LogP contribution in [0.4, 0.5) is 18.9 Å². The number of carboxylic acid groups (broad SMARTS) is 1. The molecule has 2 saturated carbocycles. The van der Waals surface area contributed by atoms with E-state index in [0.29, 0.717) is 22.0 Å². The van der Waals surface area contributed by atoms with Crippen molar-refractivity contribution in [2.75, 3.05) is 18.5 Å². The van der Waals surface area contributed by atoms with E-state index in [2.05, 4.69) is 10.3 Å². The number of fused-ring (bicyclic) bond motifs is 9. The Morgan fingerprint density at radius 2 is 1.83 bits per heavy atom. The number of imide groups is 1. The maximum atomic E-state index is 13.7. The van der Waals surface area contributed by atoms with Crippen LogP contribution in [-0.4, -0.2) is 57.1 Å². The van der Waals surface area contributed by atoms with Gasteiger partial charge in [0.2, 0.25) is 11.8 Å². The maximum absolute atomic E-state index is 13.7. The molecular weight excluding hydrogens is 695 g/mol. The van der Waals surface area contributed by atoms with E-state index >= 15 is 0 Å². The lowest BCUT2D eigenvalue weighted by Crippen LogP contribution is -2.42. The first-order valence-corrected chi connectivity index (χ1v) is 17.2. The fourth-order valence-electron chi connectivity index (χ4n) is 8.04. The molecule has 3 aromatic rings. The van der Waals surface area contributed by atoms with E-state index in [-0.39, 0.29) is 70.5 Å². The van der Waals surface area contributed by atoms with Crippen LogP contribution in [0, 0.1) is 29.6 Å². The number of amides is 3. The molecular formula is C32H27ClF3N3O7S2. The van der Waals surface area contributed by atoms with Gasteiger partial charge in [-0.3, -0.25) is 28.9 Å². The molecule has 7 atom stereocenters. The van der Waals surface area contributed by atoms with E-state index in [1.807, 2.05) is 0 Å². The number of alkyl halides is 3. The van der Waals surface area contributed by atoms with Crippen molar-refractivity contribution >= 4 is 64.1 Å². The van der Waals surface area contributed by atoms with Gasteiger partial charge in [0, 0.05) is 45.3 Å². The zero-order chi connectivity index (χ0) is 34.1. The van der Waals surface area contributed by atoms with Gasteiger partial charge in [0.05, 0.1) is 22.4 Å². The number of anilines is 1. The summed E-state index contributed by atoms with van der Waals surface area (Å²) in [5.41, 5.74) is -0.375. The van der Waals surface area contributed by atoms with Gasteiger partial charge in [0.15, 0.2) is 6.61 Å². The molecule has 10 nitrogen and oxygen atoms in total. The molecule has 2 aromatic carbocycles. The highest BCUT2D eigenvalue weighted by molar-refractivity contribution is 8.00. The summed E-state index contributed by atoms with van der Waals surface area (Å²) in [6.07, 6.45) is -3.95. The molecule has 7 rings (SSSR count). The number of thiazole rings is 1. The van der Waals surface area contributed by atoms with E-state index < -0.39 is 48.0 Å².